The fourth-order valence-electron chi connectivity index (χ4n) is 2.65. The Labute approximate surface area is 172 Å². The van der Waals surface area contributed by atoms with Crippen molar-refractivity contribution >= 4 is 48.5 Å². The molecule has 12 heteroatoms. The first kappa shape index (κ1) is 21.3. The van der Waals surface area contributed by atoms with Gasteiger partial charge in [-0.3, -0.25) is 4.79 Å². The van der Waals surface area contributed by atoms with Gasteiger partial charge in [0.05, 0.1) is 27.3 Å². The summed E-state index contributed by atoms with van der Waals surface area (Å²) in [6.07, 6.45) is 0.286. The Morgan fingerprint density at radius 2 is 1.76 bits per heavy atom. The summed E-state index contributed by atoms with van der Waals surface area (Å²) in [5, 5.41) is 7.70. The molecule has 0 unspecified atom stereocenters. The summed E-state index contributed by atoms with van der Waals surface area (Å²) in [5.74, 6) is -0.725. The van der Waals surface area contributed by atoms with Gasteiger partial charge in [0, 0.05) is 13.0 Å². The quantitative estimate of drug-likeness (QED) is 0.512. The first-order chi connectivity index (χ1) is 13.7. The van der Waals surface area contributed by atoms with Crippen molar-refractivity contribution in [3.05, 3.63) is 48.0 Å². The lowest BCUT2D eigenvalue weighted by Gasteiger charge is -2.07. The van der Waals surface area contributed by atoms with Crippen LogP contribution >= 0.6 is 11.7 Å². The fraction of sp³-hybridized carbons (Fsp3) is 0.235. The van der Waals surface area contributed by atoms with Crippen molar-refractivity contribution in [3.63, 3.8) is 0 Å². The molecule has 0 radical (unpaired) electrons. The van der Waals surface area contributed by atoms with Crippen molar-refractivity contribution in [2.24, 2.45) is 5.14 Å². The summed E-state index contributed by atoms with van der Waals surface area (Å²) in [7, 11) is -7.42. The third-order valence-corrected chi connectivity index (χ3v) is 7.38. The zero-order valence-corrected chi connectivity index (χ0v) is 17.6. The molecule has 0 spiro atoms. The summed E-state index contributed by atoms with van der Waals surface area (Å²) in [4.78, 5) is 12.1. The normalized spacial score (nSPS) is 12.2. The second-order valence-corrected chi connectivity index (χ2v) is 10.4. The Bertz CT molecular complexity index is 1240. The molecular formula is C17H18N4O5S3. The van der Waals surface area contributed by atoms with Crippen LogP contribution in [-0.2, 0) is 31.1 Å². The van der Waals surface area contributed by atoms with Crippen LogP contribution in [0.4, 0.5) is 0 Å². The Morgan fingerprint density at radius 3 is 2.45 bits per heavy atom. The number of primary sulfonamides is 1. The molecule has 3 aromatic rings. The van der Waals surface area contributed by atoms with Gasteiger partial charge < -0.3 is 5.32 Å². The van der Waals surface area contributed by atoms with Crippen LogP contribution in [0.5, 0.6) is 0 Å². The second kappa shape index (κ2) is 8.53. The van der Waals surface area contributed by atoms with E-state index in [1.165, 1.54) is 18.2 Å². The van der Waals surface area contributed by atoms with Crippen LogP contribution in [0.1, 0.15) is 12.0 Å². The van der Waals surface area contributed by atoms with E-state index in [-0.39, 0.29) is 22.0 Å². The smallest absolute Gasteiger partial charge is 0.238 e. The molecular weight excluding hydrogens is 436 g/mol. The zero-order chi connectivity index (χ0) is 21.1. The van der Waals surface area contributed by atoms with Crippen LogP contribution in [0.25, 0.3) is 11.0 Å². The van der Waals surface area contributed by atoms with Gasteiger partial charge in [-0.1, -0.05) is 18.2 Å². The fourth-order valence-corrected chi connectivity index (χ4v) is 5.18. The molecule has 1 amide bonds. The number of fused-ring (bicyclic) bond motifs is 1. The number of amides is 1. The van der Waals surface area contributed by atoms with Gasteiger partial charge in [-0.2, -0.15) is 8.75 Å². The number of sulfonamides is 1. The van der Waals surface area contributed by atoms with Crippen molar-refractivity contribution in [1.82, 2.24) is 14.1 Å². The van der Waals surface area contributed by atoms with Gasteiger partial charge in [0.1, 0.15) is 11.0 Å². The number of nitrogens with zero attached hydrogens (tertiary/aromatic N) is 2. The SMILES string of the molecule is NS(=O)(=O)c1ccc(CCNC(=O)CCS(=O)(=O)c2cccc3nsnc23)cc1. The third-order valence-electron chi connectivity index (χ3n) is 4.17. The Kier molecular flexibility index (Phi) is 6.27. The number of rotatable bonds is 8. The highest BCUT2D eigenvalue weighted by Crippen LogP contribution is 2.22. The summed E-state index contributed by atoms with van der Waals surface area (Å²) in [5.41, 5.74) is 1.64. The molecule has 0 atom stereocenters. The van der Waals surface area contributed by atoms with E-state index >= 15 is 0 Å². The molecule has 0 fully saturated rings. The van der Waals surface area contributed by atoms with Crippen molar-refractivity contribution < 1.29 is 21.6 Å². The average Bonchev–Trinajstić information content (AvgIpc) is 3.15. The van der Waals surface area contributed by atoms with Crippen molar-refractivity contribution in [2.75, 3.05) is 12.3 Å². The highest BCUT2D eigenvalue weighted by atomic mass is 32.2. The number of nitrogens with two attached hydrogens (primary N) is 1. The van der Waals surface area contributed by atoms with Crippen LogP contribution in [0.2, 0.25) is 0 Å². The molecule has 0 aliphatic carbocycles. The molecule has 2 aromatic carbocycles. The minimum Gasteiger partial charge on any atom is -0.356 e. The number of sulfone groups is 1. The highest BCUT2D eigenvalue weighted by molar-refractivity contribution is 7.91. The van der Waals surface area contributed by atoms with Gasteiger partial charge in [0.25, 0.3) is 0 Å². The van der Waals surface area contributed by atoms with E-state index in [4.69, 9.17) is 5.14 Å². The van der Waals surface area contributed by atoms with Crippen molar-refractivity contribution in [2.45, 2.75) is 22.6 Å². The molecule has 3 rings (SSSR count). The maximum Gasteiger partial charge on any atom is 0.238 e. The zero-order valence-electron chi connectivity index (χ0n) is 15.1. The molecule has 3 N–H and O–H groups in total. The van der Waals surface area contributed by atoms with Gasteiger partial charge in [-0.15, -0.1) is 0 Å². The molecule has 29 heavy (non-hydrogen) atoms. The van der Waals surface area contributed by atoms with E-state index in [0.29, 0.717) is 24.0 Å². The van der Waals surface area contributed by atoms with Gasteiger partial charge >= 0.3 is 0 Å². The number of benzene rings is 2. The molecule has 0 aliphatic heterocycles. The Morgan fingerprint density at radius 1 is 1.03 bits per heavy atom. The predicted octanol–water partition coefficient (Wildman–Crippen LogP) is 0.861. The molecule has 1 heterocycles. The number of hydrogen-bond donors (Lipinski definition) is 2. The third kappa shape index (κ3) is 5.35. The van der Waals surface area contributed by atoms with Crippen molar-refractivity contribution in [3.8, 4) is 0 Å². The number of carbonyl (C=O) groups is 1. The largest absolute Gasteiger partial charge is 0.356 e. The molecule has 0 aliphatic rings. The lowest BCUT2D eigenvalue weighted by atomic mass is 10.1. The molecule has 0 bridgehead atoms. The summed E-state index contributed by atoms with van der Waals surface area (Å²) in [6, 6.07) is 10.7. The van der Waals surface area contributed by atoms with E-state index in [0.717, 1.165) is 17.3 Å². The van der Waals surface area contributed by atoms with E-state index in [1.807, 2.05) is 0 Å². The lowest BCUT2D eigenvalue weighted by Crippen LogP contribution is -2.27. The van der Waals surface area contributed by atoms with Crippen LogP contribution in [-0.4, -0.2) is 43.8 Å². The minimum absolute atomic E-state index is 0.0147. The van der Waals surface area contributed by atoms with Crippen LogP contribution < -0.4 is 10.5 Å². The second-order valence-electron chi connectivity index (χ2n) is 6.25. The molecule has 0 saturated heterocycles. The van der Waals surface area contributed by atoms with Gasteiger partial charge in [0.15, 0.2) is 9.84 Å². The monoisotopic (exact) mass is 454 g/mol. The van der Waals surface area contributed by atoms with E-state index in [9.17, 15) is 21.6 Å². The lowest BCUT2D eigenvalue weighted by molar-refractivity contribution is -0.120. The van der Waals surface area contributed by atoms with Gasteiger partial charge in [-0.25, -0.2) is 22.0 Å². The Balaban J connectivity index is 1.51. The molecule has 1 aromatic heterocycles. The predicted molar refractivity (Wildman–Crippen MR) is 109 cm³/mol. The molecule has 9 nitrogen and oxygen atoms in total. The maximum atomic E-state index is 12.6. The number of aromatic nitrogens is 2. The molecule has 154 valence electrons. The summed E-state index contributed by atoms with van der Waals surface area (Å²) >= 11 is 0.935. The average molecular weight is 455 g/mol. The van der Waals surface area contributed by atoms with Gasteiger partial charge in [0.2, 0.25) is 15.9 Å². The summed E-state index contributed by atoms with van der Waals surface area (Å²) in [6.45, 7) is 0.291. The van der Waals surface area contributed by atoms with E-state index in [1.54, 1.807) is 24.3 Å². The Hall–Kier alpha value is -2.41. The number of hydrogen-bond acceptors (Lipinski definition) is 8. The standard InChI is InChI=1S/C17H18N4O5S3/c18-29(25,26)13-6-4-12(5-7-13)8-10-19-16(22)9-11-28(23,24)15-3-1-2-14-17(15)21-27-20-14/h1-7H,8-11H2,(H,19,22)(H2,18,25,26). The van der Waals surface area contributed by atoms with E-state index < -0.39 is 25.8 Å². The summed E-state index contributed by atoms with van der Waals surface area (Å²) < 4.78 is 55.6. The van der Waals surface area contributed by atoms with E-state index in [2.05, 4.69) is 14.1 Å². The first-order valence-corrected chi connectivity index (χ1v) is 12.4. The van der Waals surface area contributed by atoms with Crippen LogP contribution in [0.3, 0.4) is 0 Å². The maximum absolute atomic E-state index is 12.6. The topological polar surface area (TPSA) is 149 Å². The van der Waals surface area contributed by atoms with Crippen molar-refractivity contribution in [1.29, 1.82) is 0 Å². The molecule has 0 saturated carbocycles. The number of nitrogens with one attached hydrogen (secondary N) is 1. The minimum atomic E-state index is -3.74. The number of carbonyl (C=O) groups excluding carboxylic acids is 1. The van der Waals surface area contributed by atoms with Gasteiger partial charge in [-0.05, 0) is 36.2 Å². The van der Waals surface area contributed by atoms with Crippen LogP contribution in [0.15, 0.2) is 52.3 Å². The highest BCUT2D eigenvalue weighted by Gasteiger charge is 2.20. The van der Waals surface area contributed by atoms with Crippen LogP contribution in [0, 0.1) is 0 Å². The first-order valence-electron chi connectivity index (χ1n) is 8.49.